The quantitative estimate of drug-likeness (QED) is 0.676. The number of carbonyl (C=O) groups is 1. The minimum Gasteiger partial charge on any atom is -0.470 e. The van der Waals surface area contributed by atoms with Crippen LogP contribution in [-0.4, -0.2) is 60.3 Å². The van der Waals surface area contributed by atoms with Crippen molar-refractivity contribution < 1.29 is 22.7 Å². The molecule has 0 atom stereocenters. The highest BCUT2D eigenvalue weighted by atomic mass is 19.3. The smallest absolute Gasteiger partial charge is 0.323 e. The Balaban J connectivity index is 1.54. The zero-order valence-electron chi connectivity index (χ0n) is 19.9. The molecular weight excluding hydrogens is 447 g/mol. The third-order valence-corrected chi connectivity index (χ3v) is 7.39. The van der Waals surface area contributed by atoms with Gasteiger partial charge in [0.25, 0.3) is 6.43 Å². The van der Waals surface area contributed by atoms with Crippen LogP contribution in [-0.2, 0) is 5.54 Å². The van der Waals surface area contributed by atoms with Crippen LogP contribution in [0, 0.1) is 19.7 Å². The van der Waals surface area contributed by atoms with Crippen LogP contribution >= 0.6 is 0 Å². The first kappa shape index (κ1) is 24.3. The van der Waals surface area contributed by atoms with E-state index < -0.39 is 18.6 Å². The predicted octanol–water partition coefficient (Wildman–Crippen LogP) is 4.18. The van der Waals surface area contributed by atoms with Crippen molar-refractivity contribution in [2.75, 3.05) is 32.1 Å². The van der Waals surface area contributed by atoms with Crippen molar-refractivity contribution in [2.24, 2.45) is 0 Å². The molecule has 1 spiro atoms. The minimum absolute atomic E-state index is 0.0411. The number of alkyl halides is 2. The lowest BCUT2D eigenvalue weighted by atomic mass is 9.69. The molecule has 1 N–H and O–H groups in total. The first-order valence-corrected chi connectivity index (χ1v) is 11.3. The van der Waals surface area contributed by atoms with Crippen molar-refractivity contribution in [1.29, 1.82) is 0 Å². The Kier molecular flexibility index (Phi) is 6.46. The first-order valence-electron chi connectivity index (χ1n) is 11.3. The van der Waals surface area contributed by atoms with Crippen LogP contribution in [0.1, 0.15) is 42.4 Å². The number of aromatic nitrogens is 2. The molecule has 2 heterocycles. The molecular formula is C24H30F3N5O2. The van der Waals surface area contributed by atoms with E-state index in [9.17, 15) is 18.0 Å². The Morgan fingerprint density at radius 1 is 1.15 bits per heavy atom. The van der Waals surface area contributed by atoms with E-state index in [1.165, 1.54) is 6.07 Å². The number of hydrogen-bond acceptors (Lipinski definition) is 5. The third-order valence-electron chi connectivity index (χ3n) is 7.39. The summed E-state index contributed by atoms with van der Waals surface area (Å²) in [6.07, 6.45) is 0.317. The number of rotatable bonds is 6. The fourth-order valence-electron chi connectivity index (χ4n) is 5.18. The van der Waals surface area contributed by atoms with Gasteiger partial charge in [-0.3, -0.25) is 9.80 Å². The summed E-state index contributed by atoms with van der Waals surface area (Å²) in [4.78, 5) is 16.7. The molecule has 34 heavy (non-hydrogen) atoms. The van der Waals surface area contributed by atoms with Gasteiger partial charge in [-0.1, -0.05) is 12.1 Å². The van der Waals surface area contributed by atoms with Crippen LogP contribution in [0.25, 0.3) is 0 Å². The van der Waals surface area contributed by atoms with Crippen LogP contribution in [0.15, 0.2) is 24.3 Å². The molecule has 0 bridgehead atoms. The first-order chi connectivity index (χ1) is 16.1. The zero-order valence-corrected chi connectivity index (χ0v) is 19.9. The molecule has 4 rings (SSSR count). The number of halogens is 3. The molecule has 1 aliphatic carbocycles. The molecule has 1 aliphatic heterocycles. The average molecular weight is 478 g/mol. The Morgan fingerprint density at radius 2 is 1.85 bits per heavy atom. The number of nitrogens with one attached hydrogen (secondary N) is 1. The van der Waals surface area contributed by atoms with Crippen LogP contribution < -0.4 is 15.0 Å². The maximum atomic E-state index is 14.0. The number of hydrogen-bond donors (Lipinski definition) is 1. The summed E-state index contributed by atoms with van der Waals surface area (Å²) in [6.45, 7) is 3.14. The van der Waals surface area contributed by atoms with Gasteiger partial charge in [-0.25, -0.2) is 18.0 Å². The van der Waals surface area contributed by atoms with Crippen LogP contribution in [0.2, 0.25) is 0 Å². The van der Waals surface area contributed by atoms with Crippen molar-refractivity contribution in [1.82, 2.24) is 20.4 Å². The topological polar surface area (TPSA) is 70.6 Å². The number of nitrogens with zero attached hydrogens (tertiary/aromatic N) is 4. The number of benzene rings is 1. The summed E-state index contributed by atoms with van der Waals surface area (Å²) in [5.41, 5.74) is 1.41. The minimum atomic E-state index is -2.61. The van der Waals surface area contributed by atoms with Gasteiger partial charge >= 0.3 is 6.03 Å². The Hall–Kier alpha value is -2.88. The van der Waals surface area contributed by atoms with Crippen LogP contribution in [0.4, 0.5) is 23.8 Å². The summed E-state index contributed by atoms with van der Waals surface area (Å²) in [6, 6.07) is 6.47. The molecule has 1 aromatic heterocycles. The molecule has 0 unspecified atom stereocenters. The van der Waals surface area contributed by atoms with Gasteiger partial charge in [-0.2, -0.15) is 0 Å². The van der Waals surface area contributed by atoms with Gasteiger partial charge < -0.3 is 10.1 Å². The number of carbonyl (C=O) groups excluding carboxylic acids is 1. The van der Waals surface area contributed by atoms with E-state index in [1.54, 1.807) is 30.9 Å². The summed E-state index contributed by atoms with van der Waals surface area (Å²) >= 11 is 0. The van der Waals surface area contributed by atoms with Gasteiger partial charge in [0.1, 0.15) is 5.82 Å². The standard InChI is InChI=1S/C24H30F3N5O2/c1-15-16(2)21(34-13-19(26)27)30-29-20(15)32-14-23(28-22(32)33)8-10-24(11-9-23,31(3)4)17-6-5-7-18(25)12-17/h5-7,12,19H,8-11,13-14H2,1-4H3,(H,28,33). The van der Waals surface area contributed by atoms with Crippen LogP contribution in [0.5, 0.6) is 5.88 Å². The Labute approximate surface area is 197 Å². The second-order valence-corrected chi connectivity index (χ2v) is 9.51. The van der Waals surface area contributed by atoms with Crippen molar-refractivity contribution in [3.8, 4) is 5.88 Å². The van der Waals surface area contributed by atoms with Gasteiger partial charge in [0.15, 0.2) is 12.4 Å². The van der Waals surface area contributed by atoms with Gasteiger partial charge in [-0.15, -0.1) is 10.2 Å². The van der Waals surface area contributed by atoms with Crippen LogP contribution in [0.3, 0.4) is 0 Å². The third kappa shape index (κ3) is 4.31. The Bertz CT molecular complexity index is 1070. The molecule has 184 valence electrons. The highest BCUT2D eigenvalue weighted by Gasteiger charge is 2.51. The van der Waals surface area contributed by atoms with Crippen molar-refractivity contribution in [2.45, 2.75) is 57.0 Å². The second-order valence-electron chi connectivity index (χ2n) is 9.51. The fourth-order valence-corrected chi connectivity index (χ4v) is 5.18. The van der Waals surface area contributed by atoms with Gasteiger partial charge in [-0.05, 0) is 71.3 Å². The van der Waals surface area contributed by atoms with E-state index in [2.05, 4.69) is 20.4 Å². The second kappa shape index (κ2) is 9.05. The average Bonchev–Trinajstić information content (AvgIpc) is 3.10. The zero-order chi connectivity index (χ0) is 24.7. The molecule has 2 amide bonds. The molecule has 10 heteroatoms. The maximum Gasteiger partial charge on any atom is 0.323 e. The molecule has 1 saturated carbocycles. The lowest BCUT2D eigenvalue weighted by Gasteiger charge is -2.48. The molecule has 2 fully saturated rings. The number of ether oxygens (including phenoxy) is 1. The monoisotopic (exact) mass is 477 g/mol. The van der Waals surface area contributed by atoms with E-state index in [-0.39, 0.29) is 23.3 Å². The highest BCUT2D eigenvalue weighted by molar-refractivity contribution is 5.95. The summed E-state index contributed by atoms with van der Waals surface area (Å²) in [5, 5.41) is 11.2. The number of anilines is 1. The van der Waals surface area contributed by atoms with Crippen molar-refractivity contribution in [3.05, 3.63) is 46.8 Å². The number of amides is 2. The van der Waals surface area contributed by atoms with Gasteiger partial charge in [0.2, 0.25) is 5.88 Å². The molecule has 1 aromatic carbocycles. The highest BCUT2D eigenvalue weighted by Crippen LogP contribution is 2.46. The normalized spacial score (nSPS) is 24.9. The summed E-state index contributed by atoms with van der Waals surface area (Å²) < 4.78 is 44.1. The van der Waals surface area contributed by atoms with E-state index in [4.69, 9.17) is 4.74 Å². The van der Waals surface area contributed by atoms with E-state index in [0.29, 0.717) is 36.3 Å². The lowest BCUT2D eigenvalue weighted by Crippen LogP contribution is -2.54. The van der Waals surface area contributed by atoms with Crippen molar-refractivity contribution in [3.63, 3.8) is 0 Å². The Morgan fingerprint density at radius 3 is 2.47 bits per heavy atom. The molecule has 1 saturated heterocycles. The molecule has 2 aliphatic rings. The fraction of sp³-hybridized carbons (Fsp3) is 0.542. The largest absolute Gasteiger partial charge is 0.470 e. The van der Waals surface area contributed by atoms with Gasteiger partial charge in [0, 0.05) is 16.7 Å². The predicted molar refractivity (Wildman–Crippen MR) is 122 cm³/mol. The van der Waals surface area contributed by atoms with Crippen molar-refractivity contribution >= 4 is 11.8 Å². The van der Waals surface area contributed by atoms with E-state index in [0.717, 1.165) is 18.4 Å². The van der Waals surface area contributed by atoms with E-state index in [1.807, 2.05) is 20.2 Å². The molecule has 0 radical (unpaired) electrons. The maximum absolute atomic E-state index is 14.0. The molecule has 7 nitrogen and oxygen atoms in total. The SMILES string of the molecule is Cc1c(OCC(F)F)nnc(N2CC3(CCC(c4cccc(F)c4)(N(C)C)CC3)NC2=O)c1C. The summed E-state index contributed by atoms with van der Waals surface area (Å²) in [7, 11) is 4.00. The lowest BCUT2D eigenvalue weighted by molar-refractivity contribution is 0.0655. The van der Waals surface area contributed by atoms with Gasteiger partial charge in [0.05, 0.1) is 12.1 Å². The van der Waals surface area contributed by atoms with E-state index >= 15 is 0 Å². The molecule has 2 aromatic rings. The number of urea groups is 1. The summed E-state index contributed by atoms with van der Waals surface area (Å²) in [5.74, 6) is 0.176.